The van der Waals surface area contributed by atoms with Crippen LogP contribution >= 0.6 is 0 Å². The highest BCUT2D eigenvalue weighted by Gasteiger charge is 2.47. The lowest BCUT2D eigenvalue weighted by molar-refractivity contribution is -0.186. The number of carbonyl (C=O) groups excluding carboxylic acids is 3. The van der Waals surface area contributed by atoms with E-state index in [9.17, 15) is 24.3 Å². The van der Waals surface area contributed by atoms with Gasteiger partial charge >= 0.3 is 23.9 Å². The third kappa shape index (κ3) is 8.50. The van der Waals surface area contributed by atoms with Gasteiger partial charge < -0.3 is 19.3 Å². The molecular formula is C16H26O8. The predicted octanol–water partition coefficient (Wildman–Crippen LogP) is 1.84. The van der Waals surface area contributed by atoms with Crippen molar-refractivity contribution in [1.82, 2.24) is 0 Å². The van der Waals surface area contributed by atoms with Gasteiger partial charge in [0.15, 0.2) is 0 Å². The van der Waals surface area contributed by atoms with Gasteiger partial charge in [-0.2, -0.15) is 0 Å². The Labute approximate surface area is 141 Å². The number of aliphatic carboxylic acids is 1. The fourth-order valence-corrected chi connectivity index (χ4v) is 2.05. The topological polar surface area (TPSA) is 116 Å². The van der Waals surface area contributed by atoms with Crippen molar-refractivity contribution < 1.29 is 38.5 Å². The van der Waals surface area contributed by atoms with Crippen LogP contribution < -0.4 is 0 Å². The highest BCUT2D eigenvalue weighted by atomic mass is 16.6. The van der Waals surface area contributed by atoms with Gasteiger partial charge in [-0.1, -0.05) is 26.2 Å². The van der Waals surface area contributed by atoms with Crippen molar-refractivity contribution in [3.63, 3.8) is 0 Å². The molecule has 0 amide bonds. The Morgan fingerprint density at radius 1 is 0.917 bits per heavy atom. The minimum absolute atomic E-state index is 0.0382. The molecule has 0 aliphatic rings. The molecule has 1 unspecified atom stereocenters. The summed E-state index contributed by atoms with van der Waals surface area (Å²) in [6.45, 7) is 4.78. The first-order valence-electron chi connectivity index (χ1n) is 8.01. The van der Waals surface area contributed by atoms with E-state index in [0.717, 1.165) is 26.2 Å². The Balaban J connectivity index is 4.90. The van der Waals surface area contributed by atoms with E-state index in [1.165, 1.54) is 0 Å². The highest BCUT2D eigenvalue weighted by molar-refractivity contribution is 5.91. The second-order valence-corrected chi connectivity index (χ2v) is 5.33. The van der Waals surface area contributed by atoms with Crippen LogP contribution in [0.15, 0.2) is 0 Å². The maximum atomic E-state index is 11.9. The summed E-state index contributed by atoms with van der Waals surface area (Å²) in [6.07, 6.45) is 2.07. The molecule has 0 fully saturated rings. The predicted molar refractivity (Wildman–Crippen MR) is 83.1 cm³/mol. The number of rotatable bonds is 12. The summed E-state index contributed by atoms with van der Waals surface area (Å²) in [7, 11) is 0. The fraction of sp³-hybridized carbons (Fsp3) is 0.750. The third-order valence-electron chi connectivity index (χ3n) is 3.15. The van der Waals surface area contributed by atoms with Gasteiger partial charge in [-0.3, -0.25) is 14.4 Å². The Morgan fingerprint density at radius 3 is 1.96 bits per heavy atom. The van der Waals surface area contributed by atoms with Gasteiger partial charge in [0.05, 0.1) is 26.1 Å². The van der Waals surface area contributed by atoms with Crippen LogP contribution in [-0.2, 0) is 33.4 Å². The first-order valence-corrected chi connectivity index (χ1v) is 8.01. The zero-order chi connectivity index (χ0) is 18.6. The number of hydrogen-bond donors (Lipinski definition) is 1. The van der Waals surface area contributed by atoms with Gasteiger partial charge in [0.25, 0.3) is 0 Å². The van der Waals surface area contributed by atoms with Crippen molar-refractivity contribution >= 4 is 23.9 Å². The first kappa shape index (κ1) is 21.9. The van der Waals surface area contributed by atoms with E-state index in [-0.39, 0.29) is 13.2 Å². The third-order valence-corrected chi connectivity index (χ3v) is 3.15. The fourth-order valence-electron chi connectivity index (χ4n) is 2.05. The molecule has 1 N–H and O–H groups in total. The van der Waals surface area contributed by atoms with E-state index < -0.39 is 42.3 Å². The molecule has 24 heavy (non-hydrogen) atoms. The summed E-state index contributed by atoms with van der Waals surface area (Å²) < 4.78 is 14.5. The summed E-state index contributed by atoms with van der Waals surface area (Å²) in [5, 5.41) is 9.39. The molecular weight excluding hydrogens is 320 g/mol. The lowest BCUT2D eigenvalue weighted by Gasteiger charge is -2.27. The Kier molecular flexibility index (Phi) is 10.4. The van der Waals surface area contributed by atoms with Crippen molar-refractivity contribution in [2.75, 3.05) is 13.2 Å². The molecule has 0 saturated heterocycles. The van der Waals surface area contributed by atoms with Crippen LogP contribution in [0.5, 0.6) is 0 Å². The standard InChI is InChI=1S/C16H26O8/c1-4-6-7-8-9-23-14(19)11-16(15(20)21,24-12(3)17)10-13(18)22-5-2/h4-11H2,1-3H3,(H,20,21). The summed E-state index contributed by atoms with van der Waals surface area (Å²) in [6, 6.07) is 0. The Morgan fingerprint density at radius 2 is 1.50 bits per heavy atom. The number of carboxylic acid groups (broad SMARTS) is 1. The van der Waals surface area contributed by atoms with Crippen LogP contribution in [0.2, 0.25) is 0 Å². The maximum absolute atomic E-state index is 11.9. The average molecular weight is 346 g/mol. The highest BCUT2D eigenvalue weighted by Crippen LogP contribution is 2.24. The molecule has 1 atom stereocenters. The SMILES string of the molecule is CCCCCCOC(=O)CC(CC(=O)OCC)(OC(C)=O)C(=O)O. The molecule has 0 bridgehead atoms. The molecule has 0 spiro atoms. The smallest absolute Gasteiger partial charge is 0.349 e. The second-order valence-electron chi connectivity index (χ2n) is 5.33. The largest absolute Gasteiger partial charge is 0.478 e. The van der Waals surface area contributed by atoms with Gasteiger partial charge in [-0.25, -0.2) is 4.79 Å². The maximum Gasteiger partial charge on any atom is 0.349 e. The summed E-state index contributed by atoms with van der Waals surface area (Å²) >= 11 is 0. The van der Waals surface area contributed by atoms with Gasteiger partial charge in [-0.05, 0) is 13.3 Å². The minimum Gasteiger partial charge on any atom is -0.478 e. The van der Waals surface area contributed by atoms with E-state index >= 15 is 0 Å². The van der Waals surface area contributed by atoms with E-state index in [1.807, 2.05) is 6.92 Å². The molecule has 0 aliphatic carbocycles. The lowest BCUT2D eigenvalue weighted by atomic mass is 9.95. The quantitative estimate of drug-likeness (QED) is 0.323. The lowest BCUT2D eigenvalue weighted by Crippen LogP contribution is -2.47. The van der Waals surface area contributed by atoms with Gasteiger partial charge in [0, 0.05) is 6.92 Å². The number of carbonyl (C=O) groups is 4. The number of carboxylic acids is 1. The van der Waals surface area contributed by atoms with E-state index in [4.69, 9.17) is 14.2 Å². The molecule has 0 saturated carbocycles. The molecule has 0 rings (SSSR count). The van der Waals surface area contributed by atoms with Crippen molar-refractivity contribution in [3.8, 4) is 0 Å². The van der Waals surface area contributed by atoms with E-state index in [0.29, 0.717) is 6.42 Å². The molecule has 0 heterocycles. The van der Waals surface area contributed by atoms with Crippen molar-refractivity contribution in [2.24, 2.45) is 0 Å². The molecule has 0 aromatic heterocycles. The zero-order valence-corrected chi connectivity index (χ0v) is 14.5. The molecule has 0 aliphatic heterocycles. The van der Waals surface area contributed by atoms with Crippen LogP contribution in [0.25, 0.3) is 0 Å². The number of unbranched alkanes of at least 4 members (excludes halogenated alkanes) is 3. The zero-order valence-electron chi connectivity index (χ0n) is 14.5. The van der Waals surface area contributed by atoms with Crippen molar-refractivity contribution in [1.29, 1.82) is 0 Å². The van der Waals surface area contributed by atoms with Gasteiger partial charge in [-0.15, -0.1) is 0 Å². The van der Waals surface area contributed by atoms with Gasteiger partial charge in [0.1, 0.15) is 0 Å². The van der Waals surface area contributed by atoms with Crippen LogP contribution in [0.1, 0.15) is 59.3 Å². The molecule has 138 valence electrons. The number of esters is 3. The number of hydrogen-bond acceptors (Lipinski definition) is 7. The van der Waals surface area contributed by atoms with E-state index in [2.05, 4.69) is 0 Å². The van der Waals surface area contributed by atoms with Crippen LogP contribution in [-0.4, -0.2) is 47.8 Å². The normalized spacial score (nSPS) is 12.8. The Bertz CT molecular complexity index is 445. The number of ether oxygens (including phenoxy) is 3. The molecule has 8 nitrogen and oxygen atoms in total. The Hall–Kier alpha value is -2.12. The van der Waals surface area contributed by atoms with E-state index in [1.54, 1.807) is 6.92 Å². The van der Waals surface area contributed by atoms with Crippen LogP contribution in [0.4, 0.5) is 0 Å². The van der Waals surface area contributed by atoms with Crippen molar-refractivity contribution in [2.45, 2.75) is 64.9 Å². The molecule has 0 aromatic carbocycles. The molecule has 0 radical (unpaired) electrons. The summed E-state index contributed by atoms with van der Waals surface area (Å²) in [5.41, 5.74) is -2.32. The first-order chi connectivity index (χ1) is 11.3. The molecule has 8 heteroatoms. The summed E-state index contributed by atoms with van der Waals surface area (Å²) in [5.74, 6) is -4.25. The average Bonchev–Trinajstić information content (AvgIpc) is 2.46. The van der Waals surface area contributed by atoms with Crippen molar-refractivity contribution in [3.05, 3.63) is 0 Å². The van der Waals surface area contributed by atoms with Gasteiger partial charge in [0.2, 0.25) is 5.60 Å². The monoisotopic (exact) mass is 346 g/mol. The molecule has 0 aromatic rings. The van der Waals surface area contributed by atoms with Crippen LogP contribution in [0, 0.1) is 0 Å². The van der Waals surface area contributed by atoms with Crippen LogP contribution in [0.3, 0.4) is 0 Å². The summed E-state index contributed by atoms with van der Waals surface area (Å²) in [4.78, 5) is 46.3. The second kappa shape index (κ2) is 11.4. The minimum atomic E-state index is -2.32.